The number of aromatic amines is 2. The second kappa shape index (κ2) is 6.94. The van der Waals surface area contributed by atoms with E-state index in [-0.39, 0.29) is 16.8 Å². The van der Waals surface area contributed by atoms with Crippen molar-refractivity contribution in [3.05, 3.63) is 28.7 Å². The summed E-state index contributed by atoms with van der Waals surface area (Å²) in [6, 6.07) is 5.56. The lowest BCUT2D eigenvalue weighted by molar-refractivity contribution is -0.115. The molecule has 0 saturated heterocycles. The quantitative estimate of drug-likeness (QED) is 0.589. The molecule has 1 atom stereocenters. The number of H-pyrrole nitrogens is 2. The fourth-order valence-electron chi connectivity index (χ4n) is 3.21. The lowest BCUT2D eigenvalue weighted by Gasteiger charge is -2.14. The summed E-state index contributed by atoms with van der Waals surface area (Å²) in [5, 5.41) is 15.1. The summed E-state index contributed by atoms with van der Waals surface area (Å²) in [5.74, 6) is -0.145. The van der Waals surface area contributed by atoms with Crippen molar-refractivity contribution in [2.75, 3.05) is 5.32 Å². The molecular formula is C16H19N7O2S. The first-order valence-electron chi connectivity index (χ1n) is 8.57. The van der Waals surface area contributed by atoms with E-state index in [1.807, 2.05) is 11.6 Å². The van der Waals surface area contributed by atoms with E-state index in [4.69, 9.17) is 0 Å². The van der Waals surface area contributed by atoms with Crippen molar-refractivity contribution >= 4 is 34.4 Å². The van der Waals surface area contributed by atoms with E-state index in [1.165, 1.54) is 24.6 Å². The minimum Gasteiger partial charge on any atom is -0.325 e. The van der Waals surface area contributed by atoms with Gasteiger partial charge < -0.3 is 15.3 Å². The molecule has 1 aliphatic carbocycles. The first-order valence-corrected chi connectivity index (χ1v) is 9.45. The van der Waals surface area contributed by atoms with Crippen LogP contribution in [0.15, 0.2) is 28.2 Å². The average Bonchev–Trinajstić information content (AvgIpc) is 3.33. The summed E-state index contributed by atoms with van der Waals surface area (Å²) >= 11 is 1.35. The Bertz CT molecular complexity index is 986. The van der Waals surface area contributed by atoms with Gasteiger partial charge in [0, 0.05) is 5.69 Å². The van der Waals surface area contributed by atoms with Crippen LogP contribution in [0.2, 0.25) is 0 Å². The maximum Gasteiger partial charge on any atom is 0.323 e. The molecule has 1 aliphatic rings. The molecule has 136 valence electrons. The van der Waals surface area contributed by atoms with Gasteiger partial charge in [-0.2, -0.15) is 0 Å². The molecule has 2 heterocycles. The Morgan fingerprint density at radius 2 is 2.08 bits per heavy atom. The molecule has 26 heavy (non-hydrogen) atoms. The second-order valence-corrected chi connectivity index (χ2v) is 7.74. The SMILES string of the molecule is C[C@@H](Sc1nnnn1C1CCCC1)C(=O)Nc1ccc2[nH]c(=O)[nH]c2c1. The number of rotatable bonds is 5. The third kappa shape index (κ3) is 3.36. The van der Waals surface area contributed by atoms with Gasteiger partial charge in [-0.05, 0) is 48.4 Å². The van der Waals surface area contributed by atoms with Crippen molar-refractivity contribution in [2.24, 2.45) is 0 Å². The van der Waals surface area contributed by atoms with Crippen molar-refractivity contribution in [1.82, 2.24) is 30.2 Å². The molecule has 1 fully saturated rings. The lowest BCUT2D eigenvalue weighted by Crippen LogP contribution is -2.23. The minimum atomic E-state index is -0.359. The number of hydrogen-bond donors (Lipinski definition) is 3. The van der Waals surface area contributed by atoms with E-state index in [9.17, 15) is 9.59 Å². The van der Waals surface area contributed by atoms with Gasteiger partial charge in [0.25, 0.3) is 0 Å². The van der Waals surface area contributed by atoms with E-state index in [2.05, 4.69) is 30.8 Å². The number of nitrogens with one attached hydrogen (secondary N) is 3. The maximum atomic E-state index is 12.5. The number of nitrogens with zero attached hydrogens (tertiary/aromatic N) is 4. The van der Waals surface area contributed by atoms with Crippen molar-refractivity contribution in [3.63, 3.8) is 0 Å². The zero-order valence-electron chi connectivity index (χ0n) is 14.2. The third-order valence-electron chi connectivity index (χ3n) is 4.57. The summed E-state index contributed by atoms with van der Waals surface area (Å²) in [5.41, 5.74) is 1.70. The highest BCUT2D eigenvalue weighted by atomic mass is 32.2. The van der Waals surface area contributed by atoms with Gasteiger partial charge in [-0.3, -0.25) is 4.79 Å². The van der Waals surface area contributed by atoms with Gasteiger partial charge in [-0.15, -0.1) is 5.10 Å². The number of anilines is 1. The van der Waals surface area contributed by atoms with Crippen molar-refractivity contribution in [1.29, 1.82) is 0 Å². The lowest BCUT2D eigenvalue weighted by atomic mass is 10.2. The zero-order chi connectivity index (χ0) is 18.1. The van der Waals surface area contributed by atoms with Crippen LogP contribution in [0.25, 0.3) is 11.0 Å². The number of benzene rings is 1. The summed E-state index contributed by atoms with van der Waals surface area (Å²) < 4.78 is 1.85. The molecule has 1 aromatic carbocycles. The van der Waals surface area contributed by atoms with Crippen LogP contribution in [0.3, 0.4) is 0 Å². The molecule has 0 spiro atoms. The highest BCUT2D eigenvalue weighted by Crippen LogP contribution is 2.32. The van der Waals surface area contributed by atoms with Gasteiger partial charge >= 0.3 is 5.69 Å². The standard InChI is InChI=1S/C16H19N7O2S/c1-9(26-16-20-21-22-23(16)11-4-2-3-5-11)14(24)17-10-6-7-12-13(8-10)19-15(25)18-12/h6-9,11H,2-5H2,1H3,(H,17,24)(H2,18,19,25)/t9-/m1/s1. The van der Waals surface area contributed by atoms with Crippen LogP contribution in [0, 0.1) is 0 Å². The first kappa shape index (κ1) is 16.8. The van der Waals surface area contributed by atoms with Crippen LogP contribution in [-0.2, 0) is 4.79 Å². The third-order valence-corrected chi connectivity index (χ3v) is 5.62. The molecule has 3 N–H and O–H groups in total. The smallest absolute Gasteiger partial charge is 0.323 e. The Labute approximate surface area is 152 Å². The van der Waals surface area contributed by atoms with Crippen molar-refractivity contribution < 1.29 is 4.79 Å². The number of carbonyl (C=O) groups excluding carboxylic acids is 1. The van der Waals surface area contributed by atoms with Gasteiger partial charge in [0.1, 0.15) is 0 Å². The van der Waals surface area contributed by atoms with Gasteiger partial charge in [-0.1, -0.05) is 24.6 Å². The summed E-state index contributed by atoms with van der Waals surface area (Å²) in [7, 11) is 0. The molecular weight excluding hydrogens is 354 g/mol. The Hall–Kier alpha value is -2.62. The molecule has 0 aliphatic heterocycles. The van der Waals surface area contributed by atoms with Crippen LogP contribution in [0.5, 0.6) is 0 Å². The fourth-order valence-corrected chi connectivity index (χ4v) is 4.07. The van der Waals surface area contributed by atoms with Crippen LogP contribution < -0.4 is 11.0 Å². The van der Waals surface area contributed by atoms with Crippen LogP contribution in [0.4, 0.5) is 5.69 Å². The number of aromatic nitrogens is 6. The largest absolute Gasteiger partial charge is 0.325 e. The summed E-state index contributed by atoms with van der Waals surface area (Å²) in [4.78, 5) is 29.2. The molecule has 1 amide bonds. The second-order valence-electron chi connectivity index (χ2n) is 6.43. The van der Waals surface area contributed by atoms with Crippen LogP contribution in [-0.4, -0.2) is 41.3 Å². The predicted molar refractivity (Wildman–Crippen MR) is 98.2 cm³/mol. The van der Waals surface area contributed by atoms with E-state index in [1.54, 1.807) is 18.2 Å². The van der Waals surface area contributed by atoms with Crippen LogP contribution in [0.1, 0.15) is 38.6 Å². The van der Waals surface area contributed by atoms with E-state index >= 15 is 0 Å². The molecule has 0 radical (unpaired) electrons. The van der Waals surface area contributed by atoms with E-state index in [0.29, 0.717) is 27.9 Å². The Balaban J connectivity index is 1.44. The van der Waals surface area contributed by atoms with Gasteiger partial charge in [-0.25, -0.2) is 9.48 Å². The normalized spacial score (nSPS) is 16.2. The first-order chi connectivity index (χ1) is 12.6. The number of fused-ring (bicyclic) bond motifs is 1. The number of imidazole rings is 1. The molecule has 2 aromatic heterocycles. The topological polar surface area (TPSA) is 121 Å². The Morgan fingerprint density at radius 1 is 1.31 bits per heavy atom. The van der Waals surface area contributed by atoms with Gasteiger partial charge in [0.2, 0.25) is 11.1 Å². The molecule has 10 heteroatoms. The molecule has 3 aromatic rings. The van der Waals surface area contributed by atoms with Gasteiger partial charge in [0.05, 0.1) is 22.3 Å². The number of amides is 1. The van der Waals surface area contributed by atoms with Gasteiger partial charge in [0.15, 0.2) is 0 Å². The molecule has 4 rings (SSSR count). The Kier molecular flexibility index (Phi) is 4.49. The average molecular weight is 373 g/mol. The van der Waals surface area contributed by atoms with Crippen LogP contribution >= 0.6 is 11.8 Å². The predicted octanol–water partition coefficient (Wildman–Crippen LogP) is 2.08. The van der Waals surface area contributed by atoms with E-state index < -0.39 is 0 Å². The molecule has 0 unspecified atom stereocenters. The highest BCUT2D eigenvalue weighted by Gasteiger charge is 2.24. The minimum absolute atomic E-state index is 0.145. The number of hydrogen-bond acceptors (Lipinski definition) is 6. The Morgan fingerprint density at radius 3 is 2.88 bits per heavy atom. The molecule has 0 bridgehead atoms. The molecule has 9 nitrogen and oxygen atoms in total. The zero-order valence-corrected chi connectivity index (χ0v) is 15.0. The van der Waals surface area contributed by atoms with Crippen molar-refractivity contribution in [2.45, 2.75) is 49.1 Å². The number of tetrazole rings is 1. The summed E-state index contributed by atoms with van der Waals surface area (Å²) in [6.45, 7) is 1.82. The monoisotopic (exact) mass is 373 g/mol. The maximum absolute atomic E-state index is 12.5. The van der Waals surface area contributed by atoms with E-state index in [0.717, 1.165) is 12.8 Å². The summed E-state index contributed by atoms with van der Waals surface area (Å²) in [6.07, 6.45) is 4.53. The number of carbonyl (C=O) groups is 1. The highest BCUT2D eigenvalue weighted by molar-refractivity contribution is 8.00. The fraction of sp³-hybridized carbons (Fsp3) is 0.438. The molecule has 1 saturated carbocycles. The van der Waals surface area contributed by atoms with Crippen molar-refractivity contribution in [3.8, 4) is 0 Å². The number of thioether (sulfide) groups is 1.